The number of hydrogen-bond donors (Lipinski definition) is 0. The third-order valence-electron chi connectivity index (χ3n) is 1.64. The van der Waals surface area contributed by atoms with E-state index < -0.39 is 10.8 Å². The van der Waals surface area contributed by atoms with Crippen molar-refractivity contribution in [1.29, 1.82) is 0 Å². The van der Waals surface area contributed by atoms with E-state index in [2.05, 4.69) is 6.07 Å². The van der Waals surface area contributed by atoms with Gasteiger partial charge in [-0.2, -0.15) is 0 Å². The van der Waals surface area contributed by atoms with E-state index in [4.69, 9.17) is 0 Å². The number of hydrogen-bond acceptors (Lipinski definition) is 1. The summed E-state index contributed by atoms with van der Waals surface area (Å²) in [6, 6.07) is 5.97. The van der Waals surface area contributed by atoms with Gasteiger partial charge in [0.1, 0.15) is 0 Å². The minimum Gasteiger partial charge on any atom is -0.255 e. The molecule has 0 spiro atoms. The van der Waals surface area contributed by atoms with E-state index in [1.165, 1.54) is 5.56 Å². The molecule has 0 aliphatic heterocycles. The average Bonchev–Trinajstić information content (AvgIpc) is 1.85. The maximum Gasteiger partial charge on any atom is 0.0500 e. The molecular weight excluding hydrogens is 156 g/mol. The minimum absolute atomic E-state index is 0.849. The molecule has 0 saturated heterocycles. The van der Waals surface area contributed by atoms with Gasteiger partial charge in [-0.25, -0.2) is 0 Å². The first kappa shape index (κ1) is 8.47. The second-order valence-corrected chi connectivity index (χ2v) is 4.07. The van der Waals surface area contributed by atoms with E-state index in [1.807, 2.05) is 26.0 Å². The summed E-state index contributed by atoms with van der Waals surface area (Å²) < 4.78 is 11.1. The van der Waals surface area contributed by atoms with Crippen LogP contribution in [-0.4, -0.2) is 10.5 Å². The zero-order chi connectivity index (χ0) is 8.43. The maximum atomic E-state index is 11.1. The van der Waals surface area contributed by atoms with Crippen molar-refractivity contribution >= 4 is 10.8 Å². The Balaban J connectivity index is 3.20. The van der Waals surface area contributed by atoms with E-state index in [9.17, 15) is 4.21 Å². The van der Waals surface area contributed by atoms with Crippen LogP contribution >= 0.6 is 0 Å². The Hall–Kier alpha value is -0.630. The van der Waals surface area contributed by atoms with Crippen LogP contribution in [0.15, 0.2) is 23.1 Å². The van der Waals surface area contributed by atoms with Crippen molar-refractivity contribution in [3.63, 3.8) is 0 Å². The van der Waals surface area contributed by atoms with Gasteiger partial charge < -0.3 is 0 Å². The SMILES string of the molecule is Cc1ccc([S@@](C)=O)c(C)c1. The largest absolute Gasteiger partial charge is 0.255 e. The van der Waals surface area contributed by atoms with Crippen LogP contribution in [0.3, 0.4) is 0 Å². The van der Waals surface area contributed by atoms with Gasteiger partial charge in [-0.15, -0.1) is 0 Å². The van der Waals surface area contributed by atoms with Gasteiger partial charge in [0.2, 0.25) is 0 Å². The summed E-state index contributed by atoms with van der Waals surface area (Å²) in [5.41, 5.74) is 2.34. The second kappa shape index (κ2) is 3.18. The monoisotopic (exact) mass is 168 g/mol. The van der Waals surface area contributed by atoms with Crippen LogP contribution in [0, 0.1) is 13.8 Å². The van der Waals surface area contributed by atoms with Crippen molar-refractivity contribution < 1.29 is 4.21 Å². The predicted molar refractivity (Wildman–Crippen MR) is 48.2 cm³/mol. The number of benzene rings is 1. The minimum atomic E-state index is -0.849. The first-order chi connectivity index (χ1) is 5.11. The van der Waals surface area contributed by atoms with Gasteiger partial charge in [0, 0.05) is 11.2 Å². The van der Waals surface area contributed by atoms with Gasteiger partial charge in [-0.3, -0.25) is 4.21 Å². The highest BCUT2D eigenvalue weighted by atomic mass is 32.2. The fourth-order valence-electron chi connectivity index (χ4n) is 1.12. The molecule has 0 amide bonds. The van der Waals surface area contributed by atoms with E-state index in [0.29, 0.717) is 0 Å². The van der Waals surface area contributed by atoms with Crippen molar-refractivity contribution in [2.75, 3.05) is 6.26 Å². The Bertz CT molecular complexity index is 292. The first-order valence-corrected chi connectivity index (χ1v) is 5.08. The molecule has 1 rings (SSSR count). The van der Waals surface area contributed by atoms with Crippen LogP contribution in [0.4, 0.5) is 0 Å². The lowest BCUT2D eigenvalue weighted by atomic mass is 10.2. The van der Waals surface area contributed by atoms with Crippen molar-refractivity contribution in [3.8, 4) is 0 Å². The molecule has 0 aliphatic carbocycles. The van der Waals surface area contributed by atoms with E-state index >= 15 is 0 Å². The van der Waals surface area contributed by atoms with Crippen LogP contribution in [0.25, 0.3) is 0 Å². The quantitative estimate of drug-likeness (QED) is 0.627. The Labute approximate surface area is 69.9 Å². The van der Waals surface area contributed by atoms with Gasteiger partial charge >= 0.3 is 0 Å². The molecule has 0 saturated carbocycles. The summed E-state index contributed by atoms with van der Waals surface area (Å²) in [5, 5.41) is 0. The molecule has 0 N–H and O–H groups in total. The summed E-state index contributed by atoms with van der Waals surface area (Å²) in [6.45, 7) is 4.03. The van der Waals surface area contributed by atoms with E-state index in [0.717, 1.165) is 10.5 Å². The van der Waals surface area contributed by atoms with Crippen molar-refractivity contribution in [3.05, 3.63) is 29.3 Å². The molecule has 0 bridgehead atoms. The lowest BCUT2D eigenvalue weighted by Crippen LogP contribution is -1.91. The van der Waals surface area contributed by atoms with Crippen LogP contribution in [-0.2, 0) is 10.8 Å². The van der Waals surface area contributed by atoms with Crippen LogP contribution in [0.2, 0.25) is 0 Å². The van der Waals surface area contributed by atoms with Gasteiger partial charge in [-0.1, -0.05) is 17.7 Å². The number of aryl methyl sites for hydroxylation is 2. The molecule has 1 nitrogen and oxygen atoms in total. The molecule has 0 radical (unpaired) electrons. The molecule has 1 atom stereocenters. The molecule has 1 aromatic rings. The zero-order valence-corrected chi connectivity index (χ0v) is 7.87. The third kappa shape index (κ3) is 1.90. The predicted octanol–water partition coefficient (Wildman–Crippen LogP) is 2.04. The van der Waals surface area contributed by atoms with Gasteiger partial charge in [0.15, 0.2) is 0 Å². The smallest absolute Gasteiger partial charge is 0.0500 e. The van der Waals surface area contributed by atoms with E-state index in [1.54, 1.807) is 6.26 Å². The van der Waals surface area contributed by atoms with Crippen LogP contribution in [0.5, 0.6) is 0 Å². The maximum absolute atomic E-state index is 11.1. The van der Waals surface area contributed by atoms with Crippen molar-refractivity contribution in [1.82, 2.24) is 0 Å². The van der Waals surface area contributed by atoms with Crippen molar-refractivity contribution in [2.45, 2.75) is 18.7 Å². The highest BCUT2D eigenvalue weighted by molar-refractivity contribution is 7.84. The summed E-state index contributed by atoms with van der Waals surface area (Å²) in [6.07, 6.45) is 1.71. The fraction of sp³-hybridized carbons (Fsp3) is 0.333. The first-order valence-electron chi connectivity index (χ1n) is 3.52. The van der Waals surface area contributed by atoms with Gasteiger partial charge in [0.05, 0.1) is 10.8 Å². The van der Waals surface area contributed by atoms with Crippen LogP contribution < -0.4 is 0 Å². The van der Waals surface area contributed by atoms with Crippen molar-refractivity contribution in [2.24, 2.45) is 0 Å². The topological polar surface area (TPSA) is 17.1 Å². The van der Waals surface area contributed by atoms with Gasteiger partial charge in [0.25, 0.3) is 0 Å². The third-order valence-corrected chi connectivity index (χ3v) is 2.72. The lowest BCUT2D eigenvalue weighted by molar-refractivity contribution is 0.686. The molecular formula is C9H12OS. The molecule has 0 aromatic heterocycles. The summed E-state index contributed by atoms with van der Waals surface area (Å²) in [5.74, 6) is 0. The molecule has 1 aromatic carbocycles. The molecule has 2 heteroatoms. The Morgan fingerprint density at radius 1 is 1.27 bits per heavy atom. The lowest BCUT2D eigenvalue weighted by Gasteiger charge is -2.01. The fourth-order valence-corrected chi connectivity index (χ4v) is 1.89. The standard InChI is InChI=1S/C9H12OS/c1-7-4-5-9(11(3)10)8(2)6-7/h4-6H,1-3H3/t11-/m1/s1. The highest BCUT2D eigenvalue weighted by Gasteiger charge is 2.00. The Kier molecular flexibility index (Phi) is 2.45. The molecule has 60 valence electrons. The summed E-state index contributed by atoms with van der Waals surface area (Å²) in [7, 11) is -0.849. The normalized spacial score (nSPS) is 13.0. The molecule has 11 heavy (non-hydrogen) atoms. The van der Waals surface area contributed by atoms with E-state index in [-0.39, 0.29) is 0 Å². The van der Waals surface area contributed by atoms with Gasteiger partial charge in [-0.05, 0) is 25.5 Å². The van der Waals surface area contributed by atoms with Crippen LogP contribution in [0.1, 0.15) is 11.1 Å². The molecule has 0 unspecified atom stereocenters. The molecule has 0 fully saturated rings. The number of rotatable bonds is 1. The molecule has 0 aliphatic rings. The Morgan fingerprint density at radius 3 is 2.36 bits per heavy atom. The summed E-state index contributed by atoms with van der Waals surface area (Å²) >= 11 is 0. The average molecular weight is 168 g/mol. The zero-order valence-electron chi connectivity index (χ0n) is 7.05. The molecule has 0 heterocycles. The summed E-state index contributed by atoms with van der Waals surface area (Å²) in [4.78, 5) is 0.940. The Morgan fingerprint density at radius 2 is 1.91 bits per heavy atom. The second-order valence-electron chi connectivity index (χ2n) is 2.72. The highest BCUT2D eigenvalue weighted by Crippen LogP contribution is 2.12.